The van der Waals surface area contributed by atoms with E-state index in [0.717, 1.165) is 11.1 Å². The fourth-order valence-electron chi connectivity index (χ4n) is 3.46. The summed E-state index contributed by atoms with van der Waals surface area (Å²) in [6.07, 6.45) is 0.918. The van der Waals surface area contributed by atoms with Crippen LogP contribution in [-0.2, 0) is 14.9 Å². The number of carbonyl (C=O) groups is 1. The summed E-state index contributed by atoms with van der Waals surface area (Å²) in [4.78, 5) is 11.4. The summed E-state index contributed by atoms with van der Waals surface area (Å²) in [5.74, 6) is 4.52. The molecule has 3 rings (SSSR count). The largest absolute Gasteiger partial charge is 0.456 e. The van der Waals surface area contributed by atoms with Crippen LogP contribution in [0.2, 0.25) is 0 Å². The second kappa shape index (κ2) is 6.51. The molecule has 122 valence electrons. The summed E-state index contributed by atoms with van der Waals surface area (Å²) in [7, 11) is 0. The molecule has 0 unspecified atom stereocenters. The van der Waals surface area contributed by atoms with E-state index >= 15 is 0 Å². The first-order valence-corrected chi connectivity index (χ1v) is 8.11. The van der Waals surface area contributed by atoms with Crippen LogP contribution in [0.1, 0.15) is 30.9 Å². The van der Waals surface area contributed by atoms with E-state index in [1.54, 1.807) is 6.92 Å². The Kier molecular flexibility index (Phi) is 4.42. The number of esters is 1. The molecule has 0 aliphatic heterocycles. The van der Waals surface area contributed by atoms with E-state index in [2.05, 4.69) is 36.1 Å². The Morgan fingerprint density at radius 1 is 1.04 bits per heavy atom. The van der Waals surface area contributed by atoms with Crippen LogP contribution in [0.5, 0.6) is 0 Å². The first-order chi connectivity index (χ1) is 11.6. The number of benzene rings is 2. The Morgan fingerprint density at radius 2 is 1.54 bits per heavy atom. The SMILES string of the molecule is CCOC(=O)C#CC1(O)CC(c2ccccc2)(c2ccccc2)C1. The number of hydrogen-bond donors (Lipinski definition) is 1. The molecule has 0 atom stereocenters. The van der Waals surface area contributed by atoms with Crippen molar-refractivity contribution in [3.63, 3.8) is 0 Å². The second-order valence-corrected chi connectivity index (χ2v) is 6.17. The molecule has 2 aromatic rings. The van der Waals surface area contributed by atoms with Gasteiger partial charge in [-0.25, -0.2) is 4.79 Å². The highest BCUT2D eigenvalue weighted by Gasteiger charge is 2.55. The first-order valence-electron chi connectivity index (χ1n) is 8.11. The average molecular weight is 320 g/mol. The number of aliphatic hydroxyl groups is 1. The molecule has 1 N–H and O–H groups in total. The zero-order valence-electron chi connectivity index (χ0n) is 13.7. The van der Waals surface area contributed by atoms with E-state index in [4.69, 9.17) is 4.74 Å². The highest BCUT2D eigenvalue weighted by molar-refractivity contribution is 5.88. The maximum Gasteiger partial charge on any atom is 0.384 e. The van der Waals surface area contributed by atoms with Gasteiger partial charge in [-0.15, -0.1) is 0 Å². The van der Waals surface area contributed by atoms with Crippen molar-refractivity contribution in [3.8, 4) is 11.8 Å². The molecule has 0 heterocycles. The molecule has 3 heteroatoms. The van der Waals surface area contributed by atoms with Crippen molar-refractivity contribution < 1.29 is 14.6 Å². The lowest BCUT2D eigenvalue weighted by molar-refractivity contribution is -0.136. The van der Waals surface area contributed by atoms with Crippen LogP contribution in [0.4, 0.5) is 0 Å². The van der Waals surface area contributed by atoms with Gasteiger partial charge in [0.15, 0.2) is 0 Å². The summed E-state index contributed by atoms with van der Waals surface area (Å²) < 4.78 is 4.80. The van der Waals surface area contributed by atoms with Crippen LogP contribution >= 0.6 is 0 Å². The van der Waals surface area contributed by atoms with Crippen LogP contribution in [0, 0.1) is 11.8 Å². The molecule has 3 nitrogen and oxygen atoms in total. The second-order valence-electron chi connectivity index (χ2n) is 6.17. The van der Waals surface area contributed by atoms with Crippen molar-refractivity contribution in [3.05, 3.63) is 71.8 Å². The fraction of sp³-hybridized carbons (Fsp3) is 0.286. The lowest BCUT2D eigenvalue weighted by Gasteiger charge is -2.51. The molecular weight excluding hydrogens is 300 g/mol. The molecule has 1 saturated carbocycles. The van der Waals surface area contributed by atoms with E-state index in [1.165, 1.54) is 0 Å². The standard InChI is InChI=1S/C21H20O3/c1-2-24-19(22)13-14-20(23)15-21(16-20,17-9-5-3-6-10-17)18-11-7-4-8-12-18/h3-12,23H,2,15-16H2,1H3. The molecule has 1 aliphatic carbocycles. The Bertz CT molecular complexity index is 721. The summed E-state index contributed by atoms with van der Waals surface area (Å²) in [5, 5.41) is 10.7. The minimum atomic E-state index is -1.17. The number of hydrogen-bond acceptors (Lipinski definition) is 3. The van der Waals surface area contributed by atoms with E-state index in [-0.39, 0.29) is 12.0 Å². The van der Waals surface area contributed by atoms with E-state index in [9.17, 15) is 9.90 Å². The minimum Gasteiger partial charge on any atom is -0.456 e. The van der Waals surface area contributed by atoms with Crippen molar-refractivity contribution in [1.29, 1.82) is 0 Å². The molecule has 24 heavy (non-hydrogen) atoms. The normalized spacial score (nSPS) is 17.1. The smallest absolute Gasteiger partial charge is 0.384 e. The van der Waals surface area contributed by atoms with Gasteiger partial charge in [0, 0.05) is 24.2 Å². The number of rotatable bonds is 3. The Hall–Kier alpha value is -2.57. The molecule has 0 saturated heterocycles. The molecule has 2 aromatic carbocycles. The number of carbonyl (C=O) groups excluding carboxylic acids is 1. The van der Waals surface area contributed by atoms with Crippen molar-refractivity contribution >= 4 is 5.97 Å². The summed E-state index contributed by atoms with van der Waals surface area (Å²) >= 11 is 0. The third kappa shape index (κ3) is 3.06. The van der Waals surface area contributed by atoms with Gasteiger partial charge >= 0.3 is 5.97 Å². The molecule has 1 aliphatic rings. The average Bonchev–Trinajstić information content (AvgIpc) is 2.59. The van der Waals surface area contributed by atoms with Crippen LogP contribution < -0.4 is 0 Å². The molecule has 0 amide bonds. The topological polar surface area (TPSA) is 46.5 Å². The van der Waals surface area contributed by atoms with Gasteiger partial charge < -0.3 is 9.84 Å². The maximum atomic E-state index is 11.4. The minimum absolute atomic E-state index is 0.277. The van der Waals surface area contributed by atoms with Gasteiger partial charge in [0.05, 0.1) is 6.61 Å². The van der Waals surface area contributed by atoms with Gasteiger partial charge in [-0.2, -0.15) is 0 Å². The highest BCUT2D eigenvalue weighted by Crippen LogP contribution is 2.54. The summed E-state index contributed by atoms with van der Waals surface area (Å²) in [6.45, 7) is 2.01. The Morgan fingerprint density at radius 3 is 2.00 bits per heavy atom. The van der Waals surface area contributed by atoms with Crippen LogP contribution in [0.25, 0.3) is 0 Å². The third-order valence-corrected chi connectivity index (χ3v) is 4.51. The van der Waals surface area contributed by atoms with Gasteiger partial charge in [-0.1, -0.05) is 66.6 Å². The van der Waals surface area contributed by atoms with Crippen LogP contribution in [0.15, 0.2) is 60.7 Å². The quantitative estimate of drug-likeness (QED) is 0.537. The predicted molar refractivity (Wildman–Crippen MR) is 92.3 cm³/mol. The Labute approximate surface area is 142 Å². The highest BCUT2D eigenvalue weighted by atomic mass is 16.5. The molecular formula is C21H20O3. The van der Waals surface area contributed by atoms with Gasteiger partial charge in [0.1, 0.15) is 5.60 Å². The predicted octanol–water partition coefficient (Wildman–Crippen LogP) is 3.06. The van der Waals surface area contributed by atoms with E-state index in [0.29, 0.717) is 12.8 Å². The van der Waals surface area contributed by atoms with E-state index < -0.39 is 11.6 Å². The van der Waals surface area contributed by atoms with Crippen molar-refractivity contribution in [2.24, 2.45) is 0 Å². The van der Waals surface area contributed by atoms with Crippen molar-refractivity contribution in [2.45, 2.75) is 30.8 Å². The fourth-order valence-corrected chi connectivity index (χ4v) is 3.46. The first kappa shape index (κ1) is 16.3. The van der Waals surface area contributed by atoms with Crippen LogP contribution in [0.3, 0.4) is 0 Å². The van der Waals surface area contributed by atoms with Gasteiger partial charge in [-0.3, -0.25) is 0 Å². The summed E-state index contributed by atoms with van der Waals surface area (Å²) in [6, 6.07) is 20.3. The number of ether oxygens (including phenoxy) is 1. The monoisotopic (exact) mass is 320 g/mol. The lowest BCUT2D eigenvalue weighted by Crippen LogP contribution is -2.54. The Balaban J connectivity index is 1.90. The molecule has 0 bridgehead atoms. The molecule has 0 spiro atoms. The molecule has 1 fully saturated rings. The summed E-state index contributed by atoms with van der Waals surface area (Å²) in [5.41, 5.74) is 0.858. The van der Waals surface area contributed by atoms with Gasteiger partial charge in [-0.05, 0) is 18.1 Å². The third-order valence-electron chi connectivity index (χ3n) is 4.51. The van der Waals surface area contributed by atoms with Gasteiger partial charge in [0.25, 0.3) is 0 Å². The molecule has 0 radical (unpaired) electrons. The van der Waals surface area contributed by atoms with E-state index in [1.807, 2.05) is 36.4 Å². The zero-order chi connectivity index (χ0) is 17.0. The zero-order valence-corrected chi connectivity index (χ0v) is 13.7. The maximum absolute atomic E-state index is 11.4. The lowest BCUT2D eigenvalue weighted by atomic mass is 9.53. The van der Waals surface area contributed by atoms with Crippen LogP contribution in [-0.4, -0.2) is 23.3 Å². The molecule has 0 aromatic heterocycles. The van der Waals surface area contributed by atoms with Crippen molar-refractivity contribution in [2.75, 3.05) is 6.61 Å². The van der Waals surface area contributed by atoms with Crippen molar-refractivity contribution in [1.82, 2.24) is 0 Å². The van der Waals surface area contributed by atoms with Gasteiger partial charge in [0.2, 0.25) is 0 Å².